The molecule has 2 amide bonds. The number of halogens is 1. The van der Waals surface area contributed by atoms with Gasteiger partial charge in [-0.1, -0.05) is 30.3 Å². The Hall–Kier alpha value is -2.69. The Morgan fingerprint density at radius 2 is 1.95 bits per heavy atom. The molecule has 3 rings (SSSR count). The van der Waals surface area contributed by atoms with Crippen molar-refractivity contribution in [2.24, 2.45) is 0 Å². The maximum atomic E-state index is 13.3. The first-order valence-corrected chi connectivity index (χ1v) is 7.07. The lowest BCUT2D eigenvalue weighted by Gasteiger charge is -2.28. The zero-order valence-electron chi connectivity index (χ0n) is 11.9. The van der Waals surface area contributed by atoms with Crippen LogP contribution in [0.2, 0.25) is 0 Å². The number of urea groups is 1. The third-order valence-corrected chi connectivity index (χ3v) is 3.64. The van der Waals surface area contributed by atoms with Crippen molar-refractivity contribution in [2.45, 2.75) is 13.0 Å². The van der Waals surface area contributed by atoms with Gasteiger partial charge in [0.2, 0.25) is 0 Å². The van der Waals surface area contributed by atoms with Crippen molar-refractivity contribution in [3.8, 4) is 0 Å². The molecule has 0 spiro atoms. The van der Waals surface area contributed by atoms with Crippen LogP contribution in [0.5, 0.6) is 0 Å². The van der Waals surface area contributed by atoms with Gasteiger partial charge in [-0.3, -0.25) is 9.69 Å². The number of carbonyl (C=O) groups excluding carboxylic acids is 2. The molecule has 2 aromatic carbocycles. The number of rotatable bonds is 2. The van der Waals surface area contributed by atoms with Crippen molar-refractivity contribution in [1.82, 2.24) is 5.32 Å². The van der Waals surface area contributed by atoms with Gasteiger partial charge >= 0.3 is 6.03 Å². The standard InChI is InChI=1S/C17H15FN2O2/c18-13-6-7-15-14(10-13)16(21)8-9-20(15)17(22)19-11-12-4-2-1-3-5-12/h1-7,10H,8-9,11H2,(H,19,22). The number of anilines is 1. The minimum Gasteiger partial charge on any atom is -0.334 e. The van der Waals surface area contributed by atoms with E-state index in [-0.39, 0.29) is 23.8 Å². The highest BCUT2D eigenvalue weighted by atomic mass is 19.1. The van der Waals surface area contributed by atoms with Gasteiger partial charge in [-0.25, -0.2) is 9.18 Å². The number of hydrogen-bond donors (Lipinski definition) is 1. The SMILES string of the molecule is O=C1CCN(C(=O)NCc2ccccc2)c2ccc(F)cc21. The predicted octanol–water partition coefficient (Wildman–Crippen LogP) is 3.13. The third kappa shape index (κ3) is 2.83. The minimum absolute atomic E-state index is 0.137. The zero-order chi connectivity index (χ0) is 15.5. The molecule has 0 saturated heterocycles. The highest BCUT2D eigenvalue weighted by molar-refractivity contribution is 6.08. The normalized spacial score (nSPS) is 13.7. The van der Waals surface area contributed by atoms with Crippen LogP contribution < -0.4 is 10.2 Å². The van der Waals surface area contributed by atoms with Crippen molar-refractivity contribution in [2.75, 3.05) is 11.4 Å². The van der Waals surface area contributed by atoms with Crippen LogP contribution in [0.4, 0.5) is 14.9 Å². The molecular formula is C17H15FN2O2. The Morgan fingerprint density at radius 3 is 2.73 bits per heavy atom. The van der Waals surface area contributed by atoms with Gasteiger partial charge in [0.1, 0.15) is 5.82 Å². The number of benzene rings is 2. The largest absolute Gasteiger partial charge is 0.334 e. The van der Waals surface area contributed by atoms with Gasteiger partial charge in [0, 0.05) is 25.1 Å². The molecule has 22 heavy (non-hydrogen) atoms. The minimum atomic E-state index is -0.473. The molecule has 0 unspecified atom stereocenters. The van der Waals surface area contributed by atoms with Crippen molar-refractivity contribution in [1.29, 1.82) is 0 Å². The summed E-state index contributed by atoms with van der Waals surface area (Å²) in [7, 11) is 0. The van der Waals surface area contributed by atoms with Gasteiger partial charge in [0.05, 0.1) is 5.69 Å². The number of nitrogens with zero attached hydrogens (tertiary/aromatic N) is 1. The second kappa shape index (κ2) is 5.97. The predicted molar refractivity (Wildman–Crippen MR) is 81.4 cm³/mol. The first-order chi connectivity index (χ1) is 10.6. The van der Waals surface area contributed by atoms with E-state index in [0.717, 1.165) is 5.56 Å². The van der Waals surface area contributed by atoms with Gasteiger partial charge in [-0.15, -0.1) is 0 Å². The number of amides is 2. The van der Waals surface area contributed by atoms with Gasteiger partial charge in [0.15, 0.2) is 5.78 Å². The first kappa shape index (κ1) is 14.3. The Bertz CT molecular complexity index is 716. The molecule has 5 heteroatoms. The highest BCUT2D eigenvalue weighted by Crippen LogP contribution is 2.27. The summed E-state index contributed by atoms with van der Waals surface area (Å²) in [5.41, 5.74) is 1.72. The van der Waals surface area contributed by atoms with Crippen LogP contribution in [0.25, 0.3) is 0 Å². The molecule has 0 bridgehead atoms. The summed E-state index contributed by atoms with van der Waals surface area (Å²) in [5, 5.41) is 2.82. The molecule has 0 radical (unpaired) electrons. The lowest BCUT2D eigenvalue weighted by atomic mass is 10.0. The summed E-state index contributed by atoms with van der Waals surface area (Å²) in [6, 6.07) is 13.2. The Morgan fingerprint density at radius 1 is 1.18 bits per heavy atom. The summed E-state index contributed by atoms with van der Waals surface area (Å²) in [6.07, 6.45) is 0.204. The van der Waals surface area contributed by atoms with E-state index in [4.69, 9.17) is 0 Å². The second-order valence-corrected chi connectivity index (χ2v) is 5.13. The van der Waals surface area contributed by atoms with Crippen molar-refractivity contribution in [3.05, 3.63) is 65.5 Å². The maximum absolute atomic E-state index is 13.3. The molecule has 1 N–H and O–H groups in total. The van der Waals surface area contributed by atoms with Crippen LogP contribution in [0.1, 0.15) is 22.3 Å². The average molecular weight is 298 g/mol. The number of nitrogens with one attached hydrogen (secondary N) is 1. The Kier molecular flexibility index (Phi) is 3.87. The van der Waals surface area contributed by atoms with Crippen molar-refractivity contribution >= 4 is 17.5 Å². The van der Waals surface area contributed by atoms with Crippen LogP contribution in [-0.4, -0.2) is 18.4 Å². The van der Waals surface area contributed by atoms with Gasteiger partial charge < -0.3 is 5.32 Å². The average Bonchev–Trinajstić information content (AvgIpc) is 2.54. The molecule has 112 valence electrons. The van der Waals surface area contributed by atoms with E-state index in [1.165, 1.54) is 23.1 Å². The van der Waals surface area contributed by atoms with Crippen LogP contribution >= 0.6 is 0 Å². The van der Waals surface area contributed by atoms with Crippen LogP contribution in [0.15, 0.2) is 48.5 Å². The van der Waals surface area contributed by atoms with Gasteiger partial charge in [-0.2, -0.15) is 0 Å². The van der Waals surface area contributed by atoms with E-state index in [1.807, 2.05) is 30.3 Å². The van der Waals surface area contributed by atoms with E-state index in [9.17, 15) is 14.0 Å². The topological polar surface area (TPSA) is 49.4 Å². The molecular weight excluding hydrogens is 283 g/mol. The summed E-state index contributed by atoms with van der Waals surface area (Å²) >= 11 is 0. The molecule has 4 nitrogen and oxygen atoms in total. The third-order valence-electron chi connectivity index (χ3n) is 3.64. The van der Waals surface area contributed by atoms with Crippen LogP contribution in [0.3, 0.4) is 0 Å². The monoisotopic (exact) mass is 298 g/mol. The lowest BCUT2D eigenvalue weighted by Crippen LogP contribution is -2.43. The summed E-state index contributed by atoms with van der Waals surface area (Å²) in [4.78, 5) is 25.7. The molecule has 0 aliphatic carbocycles. The van der Waals surface area contributed by atoms with Gasteiger partial charge in [0.25, 0.3) is 0 Å². The Balaban J connectivity index is 1.77. The molecule has 1 aliphatic rings. The molecule has 0 saturated carbocycles. The maximum Gasteiger partial charge on any atom is 0.322 e. The molecule has 0 atom stereocenters. The van der Waals surface area contributed by atoms with Crippen molar-refractivity contribution < 1.29 is 14.0 Å². The van der Waals surface area contributed by atoms with E-state index in [0.29, 0.717) is 18.8 Å². The number of fused-ring (bicyclic) bond motifs is 1. The van der Waals surface area contributed by atoms with Crippen molar-refractivity contribution in [3.63, 3.8) is 0 Å². The number of carbonyl (C=O) groups is 2. The summed E-state index contributed by atoms with van der Waals surface area (Å²) < 4.78 is 13.3. The van der Waals surface area contributed by atoms with E-state index >= 15 is 0 Å². The second-order valence-electron chi connectivity index (χ2n) is 5.13. The number of ketones is 1. The molecule has 2 aromatic rings. The van der Waals surface area contributed by atoms with E-state index in [1.54, 1.807) is 0 Å². The molecule has 0 fully saturated rings. The van der Waals surface area contributed by atoms with E-state index in [2.05, 4.69) is 5.32 Å². The smallest absolute Gasteiger partial charge is 0.322 e. The van der Waals surface area contributed by atoms with Crippen LogP contribution in [-0.2, 0) is 6.54 Å². The quantitative estimate of drug-likeness (QED) is 0.926. The fourth-order valence-electron chi connectivity index (χ4n) is 2.52. The molecule has 1 aliphatic heterocycles. The van der Waals surface area contributed by atoms with Gasteiger partial charge in [-0.05, 0) is 23.8 Å². The summed E-state index contributed by atoms with van der Waals surface area (Å²) in [6.45, 7) is 0.707. The lowest BCUT2D eigenvalue weighted by molar-refractivity contribution is 0.0980. The Labute approximate surface area is 127 Å². The number of hydrogen-bond acceptors (Lipinski definition) is 2. The highest BCUT2D eigenvalue weighted by Gasteiger charge is 2.27. The number of Topliss-reactive ketones (excluding diaryl/α,β-unsaturated/α-hetero) is 1. The fraction of sp³-hybridized carbons (Fsp3) is 0.176. The molecule has 1 heterocycles. The zero-order valence-corrected chi connectivity index (χ0v) is 11.9. The summed E-state index contributed by atoms with van der Waals surface area (Å²) in [5.74, 6) is -0.611. The molecule has 0 aromatic heterocycles. The first-order valence-electron chi connectivity index (χ1n) is 7.07. The van der Waals surface area contributed by atoms with Crippen LogP contribution in [0, 0.1) is 5.82 Å². The fourth-order valence-corrected chi connectivity index (χ4v) is 2.52. The van der Waals surface area contributed by atoms with E-state index < -0.39 is 5.82 Å².